The maximum Gasteiger partial charge on any atom is 0.152 e. The Morgan fingerprint density at radius 3 is 2.39 bits per heavy atom. The summed E-state index contributed by atoms with van der Waals surface area (Å²) in [6.45, 7) is 3.84. The van der Waals surface area contributed by atoms with Crippen LogP contribution < -0.4 is 9.64 Å². The number of rotatable bonds is 6. The summed E-state index contributed by atoms with van der Waals surface area (Å²) in [6.07, 6.45) is 1.80. The Kier molecular flexibility index (Phi) is 7.67. The second-order valence-electron chi connectivity index (χ2n) is 7.10. The zero-order valence-corrected chi connectivity index (χ0v) is 20.7. The van der Waals surface area contributed by atoms with Gasteiger partial charge in [-0.1, -0.05) is 39.7 Å². The topological polar surface area (TPSA) is 34.1 Å². The Morgan fingerprint density at radius 1 is 1.00 bits per heavy atom. The number of morpholine rings is 1. The predicted molar refractivity (Wildman–Crippen MR) is 134 cm³/mol. The van der Waals surface area contributed by atoms with Crippen molar-refractivity contribution in [3.8, 4) is 5.75 Å². The van der Waals surface area contributed by atoms with Gasteiger partial charge in [-0.25, -0.2) is 0 Å². The van der Waals surface area contributed by atoms with Gasteiger partial charge in [0, 0.05) is 29.5 Å². The number of hydrogen-bond donors (Lipinski definition) is 0. The summed E-state index contributed by atoms with van der Waals surface area (Å²) in [5.41, 5.74) is 4.04. The van der Waals surface area contributed by atoms with E-state index in [1.807, 2.05) is 48.5 Å². The molecule has 1 aliphatic rings. The number of benzene rings is 3. The highest BCUT2D eigenvalue weighted by Crippen LogP contribution is 2.35. The molecule has 1 aliphatic heterocycles. The molecule has 0 atom stereocenters. The molecule has 4 rings (SSSR count). The first-order valence-electron chi connectivity index (χ1n) is 9.91. The minimum Gasteiger partial charge on any atom is -0.486 e. The molecule has 1 saturated heterocycles. The van der Waals surface area contributed by atoms with E-state index in [1.165, 1.54) is 5.69 Å². The van der Waals surface area contributed by atoms with E-state index in [1.54, 1.807) is 6.21 Å². The van der Waals surface area contributed by atoms with E-state index in [4.69, 9.17) is 21.1 Å². The molecule has 0 unspecified atom stereocenters. The molecule has 0 saturated carbocycles. The summed E-state index contributed by atoms with van der Waals surface area (Å²) in [4.78, 5) is 6.90. The minimum atomic E-state index is 0.439. The van der Waals surface area contributed by atoms with E-state index >= 15 is 0 Å². The van der Waals surface area contributed by atoms with Gasteiger partial charge >= 0.3 is 0 Å². The van der Waals surface area contributed by atoms with Gasteiger partial charge in [-0.15, -0.1) is 0 Å². The van der Waals surface area contributed by atoms with Crippen molar-refractivity contribution in [2.45, 2.75) is 6.61 Å². The third kappa shape index (κ3) is 6.10. The molecule has 31 heavy (non-hydrogen) atoms. The van der Waals surface area contributed by atoms with Crippen molar-refractivity contribution in [3.05, 3.63) is 85.8 Å². The van der Waals surface area contributed by atoms with Crippen LogP contribution in [0, 0.1) is 0 Å². The first-order chi connectivity index (χ1) is 15.1. The Balaban J connectivity index is 1.41. The van der Waals surface area contributed by atoms with Crippen LogP contribution in [0.15, 0.2) is 74.6 Å². The number of ether oxygens (including phenoxy) is 2. The molecule has 0 spiro atoms. The van der Waals surface area contributed by atoms with E-state index in [2.05, 4.69) is 53.9 Å². The molecular formula is C24H21Br2ClN2O2. The lowest BCUT2D eigenvalue weighted by molar-refractivity contribution is 0.122. The van der Waals surface area contributed by atoms with Crippen LogP contribution in [0.25, 0.3) is 0 Å². The van der Waals surface area contributed by atoms with Gasteiger partial charge in [0.15, 0.2) is 5.75 Å². The molecule has 1 heterocycles. The lowest BCUT2D eigenvalue weighted by atomic mass is 10.2. The average molecular weight is 565 g/mol. The van der Waals surface area contributed by atoms with Gasteiger partial charge in [-0.05, 0) is 75.6 Å². The molecule has 0 radical (unpaired) electrons. The van der Waals surface area contributed by atoms with Gasteiger partial charge in [-0.2, -0.15) is 0 Å². The molecule has 160 valence electrons. The van der Waals surface area contributed by atoms with E-state index < -0.39 is 0 Å². The standard InChI is InChI=1S/C24H21Br2ClN2O2/c25-19-3-1-17(2-4-19)16-31-24-22(26)13-18(14-23(24)27)15-28-20-5-7-21(8-6-20)29-9-11-30-12-10-29/h1-8,13-15H,9-12,16H2. The SMILES string of the molecule is Clc1cc(C=Nc2ccc(N3CCOCC3)cc2)cc(Br)c1OCc1ccc(Br)cc1. The first kappa shape index (κ1) is 22.3. The van der Waals surface area contributed by atoms with Crippen LogP contribution in [0.4, 0.5) is 11.4 Å². The zero-order valence-electron chi connectivity index (χ0n) is 16.7. The number of hydrogen-bond acceptors (Lipinski definition) is 4. The van der Waals surface area contributed by atoms with Crippen LogP contribution in [0.3, 0.4) is 0 Å². The van der Waals surface area contributed by atoms with Crippen LogP contribution in [0.2, 0.25) is 5.02 Å². The smallest absolute Gasteiger partial charge is 0.152 e. The van der Waals surface area contributed by atoms with Crippen LogP contribution in [0.5, 0.6) is 5.75 Å². The van der Waals surface area contributed by atoms with Gasteiger partial charge in [0.2, 0.25) is 0 Å². The average Bonchev–Trinajstić information content (AvgIpc) is 2.79. The third-order valence-corrected chi connectivity index (χ3v) is 6.30. The number of aliphatic imine (C=N–C) groups is 1. The summed E-state index contributed by atoms with van der Waals surface area (Å²) in [7, 11) is 0. The fraction of sp³-hybridized carbons (Fsp3) is 0.208. The number of halogens is 3. The van der Waals surface area contributed by atoms with Crippen LogP contribution in [-0.4, -0.2) is 32.5 Å². The monoisotopic (exact) mass is 562 g/mol. The Bertz CT molecular complexity index is 1030. The van der Waals surface area contributed by atoms with E-state index in [0.29, 0.717) is 17.4 Å². The molecule has 7 heteroatoms. The van der Waals surface area contributed by atoms with Gasteiger partial charge in [0.1, 0.15) is 6.61 Å². The Labute approximate surface area is 204 Å². The quantitative estimate of drug-likeness (QED) is 0.302. The van der Waals surface area contributed by atoms with E-state index in [9.17, 15) is 0 Å². The maximum absolute atomic E-state index is 6.47. The van der Waals surface area contributed by atoms with Crippen molar-refractivity contribution in [2.75, 3.05) is 31.2 Å². The molecular weight excluding hydrogens is 544 g/mol. The second-order valence-corrected chi connectivity index (χ2v) is 9.28. The van der Waals surface area contributed by atoms with Crippen molar-refractivity contribution in [1.82, 2.24) is 0 Å². The first-order valence-corrected chi connectivity index (χ1v) is 11.9. The van der Waals surface area contributed by atoms with Crippen molar-refractivity contribution < 1.29 is 9.47 Å². The lowest BCUT2D eigenvalue weighted by Gasteiger charge is -2.28. The van der Waals surface area contributed by atoms with Gasteiger partial charge in [0.25, 0.3) is 0 Å². The second kappa shape index (κ2) is 10.6. The van der Waals surface area contributed by atoms with E-state index in [0.717, 1.165) is 52.1 Å². The van der Waals surface area contributed by atoms with Crippen LogP contribution in [-0.2, 0) is 11.3 Å². The highest BCUT2D eigenvalue weighted by Gasteiger charge is 2.11. The van der Waals surface area contributed by atoms with Crippen molar-refractivity contribution >= 4 is 61.1 Å². The number of nitrogens with zero attached hydrogens (tertiary/aromatic N) is 2. The van der Waals surface area contributed by atoms with Crippen molar-refractivity contribution in [3.63, 3.8) is 0 Å². The highest BCUT2D eigenvalue weighted by atomic mass is 79.9. The van der Waals surface area contributed by atoms with Crippen LogP contribution >= 0.6 is 43.5 Å². The zero-order chi connectivity index (χ0) is 21.6. The minimum absolute atomic E-state index is 0.439. The Hall–Kier alpha value is -1.86. The molecule has 0 N–H and O–H groups in total. The summed E-state index contributed by atoms with van der Waals surface area (Å²) >= 11 is 13.5. The largest absolute Gasteiger partial charge is 0.486 e. The van der Waals surface area contributed by atoms with Crippen molar-refractivity contribution in [2.24, 2.45) is 4.99 Å². The van der Waals surface area contributed by atoms with Gasteiger partial charge in [-0.3, -0.25) is 4.99 Å². The molecule has 0 amide bonds. The van der Waals surface area contributed by atoms with Crippen molar-refractivity contribution in [1.29, 1.82) is 0 Å². The molecule has 3 aromatic rings. The normalized spacial score (nSPS) is 14.2. The van der Waals surface area contributed by atoms with Gasteiger partial charge < -0.3 is 14.4 Å². The molecule has 0 aromatic heterocycles. The fourth-order valence-corrected chi connectivity index (χ4v) is 4.50. The molecule has 4 nitrogen and oxygen atoms in total. The number of anilines is 1. The molecule has 3 aromatic carbocycles. The molecule has 1 fully saturated rings. The van der Waals surface area contributed by atoms with E-state index in [-0.39, 0.29) is 0 Å². The summed E-state index contributed by atoms with van der Waals surface area (Å²) in [5.74, 6) is 0.622. The Morgan fingerprint density at radius 2 is 1.71 bits per heavy atom. The van der Waals surface area contributed by atoms with Gasteiger partial charge in [0.05, 0.1) is 28.4 Å². The summed E-state index contributed by atoms with van der Waals surface area (Å²) in [6, 6.07) is 20.0. The summed E-state index contributed by atoms with van der Waals surface area (Å²) in [5, 5.41) is 0.538. The van der Waals surface area contributed by atoms with Crippen LogP contribution in [0.1, 0.15) is 11.1 Å². The molecule has 0 aliphatic carbocycles. The maximum atomic E-state index is 6.47. The summed E-state index contributed by atoms with van der Waals surface area (Å²) < 4.78 is 13.2. The fourth-order valence-electron chi connectivity index (χ4n) is 3.25. The third-order valence-electron chi connectivity index (χ3n) is 4.91. The molecule has 0 bridgehead atoms. The highest BCUT2D eigenvalue weighted by molar-refractivity contribution is 9.10. The lowest BCUT2D eigenvalue weighted by Crippen LogP contribution is -2.36. The predicted octanol–water partition coefficient (Wildman–Crippen LogP) is 7.03.